The number of nitrogens with one attached hydrogen (secondary N) is 1. The Morgan fingerprint density at radius 3 is 2.46 bits per heavy atom. The third-order valence-electron chi connectivity index (χ3n) is 3.05. The van der Waals surface area contributed by atoms with Gasteiger partial charge in [0.25, 0.3) is 5.69 Å². The van der Waals surface area contributed by atoms with E-state index in [2.05, 4.69) is 10.5 Å². The van der Waals surface area contributed by atoms with Gasteiger partial charge in [0.2, 0.25) is 0 Å². The van der Waals surface area contributed by atoms with Crippen molar-refractivity contribution in [3.63, 3.8) is 0 Å². The highest BCUT2D eigenvalue weighted by Gasteiger charge is 2.31. The predicted octanol–water partition coefficient (Wildman–Crippen LogP) is 5.87. The highest BCUT2D eigenvalue weighted by molar-refractivity contribution is 6.32. The number of halogens is 4. The van der Waals surface area contributed by atoms with E-state index in [1.54, 1.807) is 13.8 Å². The first kappa shape index (κ1) is 19.5. The summed E-state index contributed by atoms with van der Waals surface area (Å²) in [7, 11) is 0. The Labute approximate surface area is 151 Å². The van der Waals surface area contributed by atoms with Crippen LogP contribution in [0, 0.1) is 10.1 Å². The quantitative estimate of drug-likeness (QED) is 0.395. The van der Waals surface area contributed by atoms with Gasteiger partial charge in [0.05, 0.1) is 15.5 Å². The number of hydrogen-bond donors (Lipinski definition) is 1. The molecule has 0 saturated carbocycles. The normalized spacial score (nSPS) is 11.0. The molecule has 1 N–H and O–H groups in total. The monoisotopic (exact) mass is 387 g/mol. The van der Waals surface area contributed by atoms with E-state index in [1.165, 1.54) is 18.2 Å². The Morgan fingerprint density at radius 1 is 1.23 bits per heavy atom. The summed E-state index contributed by atoms with van der Waals surface area (Å²) in [5.41, 5.74) is 2.11. The van der Waals surface area contributed by atoms with Crippen LogP contribution in [0.4, 0.5) is 24.5 Å². The molecule has 2 aromatic rings. The molecule has 0 amide bonds. The van der Waals surface area contributed by atoms with Crippen LogP contribution in [-0.4, -0.2) is 10.6 Å². The average molecular weight is 388 g/mol. The maximum absolute atomic E-state index is 12.7. The van der Waals surface area contributed by atoms with Crippen LogP contribution in [0.25, 0.3) is 0 Å². The van der Waals surface area contributed by atoms with Crippen LogP contribution in [0.2, 0.25) is 5.02 Å². The van der Waals surface area contributed by atoms with Crippen LogP contribution < -0.4 is 10.2 Å². The molecule has 2 aromatic carbocycles. The molecule has 26 heavy (non-hydrogen) atoms. The van der Waals surface area contributed by atoms with E-state index in [1.807, 2.05) is 0 Å². The molecule has 0 aliphatic heterocycles. The minimum Gasteiger partial charge on any atom is -0.456 e. The van der Waals surface area contributed by atoms with Crippen LogP contribution in [0.15, 0.2) is 41.5 Å². The first-order valence-corrected chi connectivity index (χ1v) is 7.55. The smallest absolute Gasteiger partial charge is 0.416 e. The number of hydrazone groups is 1. The largest absolute Gasteiger partial charge is 0.456 e. The highest BCUT2D eigenvalue weighted by Crippen LogP contribution is 2.37. The van der Waals surface area contributed by atoms with Gasteiger partial charge < -0.3 is 4.74 Å². The van der Waals surface area contributed by atoms with Crippen molar-refractivity contribution in [1.29, 1.82) is 0 Å². The number of nitro benzene ring substituents is 1. The first-order chi connectivity index (χ1) is 12.1. The lowest BCUT2D eigenvalue weighted by Crippen LogP contribution is -2.04. The van der Waals surface area contributed by atoms with E-state index < -0.39 is 16.7 Å². The lowest BCUT2D eigenvalue weighted by atomic mass is 10.2. The molecule has 10 heteroatoms. The van der Waals surface area contributed by atoms with Gasteiger partial charge in [-0.1, -0.05) is 11.6 Å². The topological polar surface area (TPSA) is 76.8 Å². The Bertz CT molecular complexity index is 866. The number of anilines is 1. The van der Waals surface area contributed by atoms with Gasteiger partial charge in [-0.2, -0.15) is 18.3 Å². The summed E-state index contributed by atoms with van der Waals surface area (Å²) in [6.45, 7) is 3.39. The zero-order valence-electron chi connectivity index (χ0n) is 13.6. The molecule has 0 unspecified atom stereocenters. The summed E-state index contributed by atoms with van der Waals surface area (Å²) in [5.74, 6) is 0.123. The number of hydrogen-bond acceptors (Lipinski definition) is 5. The highest BCUT2D eigenvalue weighted by atomic mass is 35.5. The molecule has 0 aromatic heterocycles. The third-order valence-corrected chi connectivity index (χ3v) is 3.35. The fourth-order valence-corrected chi connectivity index (χ4v) is 2.11. The molecule has 6 nitrogen and oxygen atoms in total. The van der Waals surface area contributed by atoms with Crippen LogP contribution in [0.1, 0.15) is 19.4 Å². The van der Waals surface area contributed by atoms with Crippen LogP contribution >= 0.6 is 11.6 Å². The Kier molecular flexibility index (Phi) is 5.71. The van der Waals surface area contributed by atoms with E-state index in [-0.39, 0.29) is 27.9 Å². The van der Waals surface area contributed by atoms with E-state index in [9.17, 15) is 23.3 Å². The Morgan fingerprint density at radius 2 is 1.92 bits per heavy atom. The Balaban J connectivity index is 2.33. The molecule has 138 valence electrons. The summed E-state index contributed by atoms with van der Waals surface area (Å²) in [5, 5.41) is 14.7. The number of alkyl halides is 3. The minimum absolute atomic E-state index is 0.0188. The zero-order valence-corrected chi connectivity index (χ0v) is 14.4. The standard InChI is InChI=1S/C16H13ClF3N3O3/c1-9(2)21-22-13-8-11(4-5-14(13)23(24)25)26-15-6-3-10(7-12(15)17)16(18,19)20/h3-8,22H,1-2H3. The fourth-order valence-electron chi connectivity index (χ4n) is 1.89. The molecule has 0 bridgehead atoms. The molecule has 2 rings (SSSR count). The van der Waals surface area contributed by atoms with Crippen molar-refractivity contribution < 1.29 is 22.8 Å². The number of nitro groups is 1. The zero-order chi connectivity index (χ0) is 19.5. The summed E-state index contributed by atoms with van der Waals surface area (Å²) in [6, 6.07) is 6.45. The summed E-state index contributed by atoms with van der Waals surface area (Å²) in [6.07, 6.45) is -4.53. The second-order valence-electron chi connectivity index (χ2n) is 5.35. The lowest BCUT2D eigenvalue weighted by Gasteiger charge is -2.12. The molecule has 0 fully saturated rings. The maximum atomic E-state index is 12.7. The number of rotatable bonds is 5. The Hall–Kier alpha value is -2.81. The molecule has 0 atom stereocenters. The summed E-state index contributed by atoms with van der Waals surface area (Å²) >= 11 is 5.84. The molecule has 0 heterocycles. The van der Waals surface area contributed by atoms with Gasteiger partial charge in [0.15, 0.2) is 0 Å². The van der Waals surface area contributed by atoms with Crippen molar-refractivity contribution in [2.75, 3.05) is 5.43 Å². The fraction of sp³-hybridized carbons (Fsp3) is 0.188. The number of nitrogens with zero attached hydrogens (tertiary/aromatic N) is 2. The van der Waals surface area contributed by atoms with Gasteiger partial charge in [-0.15, -0.1) is 0 Å². The van der Waals surface area contributed by atoms with Crippen molar-refractivity contribution in [3.05, 3.63) is 57.1 Å². The van der Waals surface area contributed by atoms with E-state index in [0.29, 0.717) is 5.71 Å². The summed E-state index contributed by atoms with van der Waals surface area (Å²) < 4.78 is 43.4. The first-order valence-electron chi connectivity index (χ1n) is 7.18. The third kappa shape index (κ3) is 4.85. The van der Waals surface area contributed by atoms with Crippen LogP contribution in [-0.2, 0) is 6.18 Å². The van der Waals surface area contributed by atoms with Gasteiger partial charge in [-0.3, -0.25) is 15.5 Å². The van der Waals surface area contributed by atoms with Crippen LogP contribution in [0.3, 0.4) is 0 Å². The van der Waals surface area contributed by atoms with E-state index >= 15 is 0 Å². The number of benzene rings is 2. The van der Waals surface area contributed by atoms with E-state index in [4.69, 9.17) is 16.3 Å². The minimum atomic E-state index is -4.53. The molecule has 0 saturated heterocycles. The molecular formula is C16H13ClF3N3O3. The summed E-state index contributed by atoms with van der Waals surface area (Å²) in [4.78, 5) is 10.5. The molecule has 0 radical (unpaired) electrons. The van der Waals surface area contributed by atoms with Gasteiger partial charge in [-0.25, -0.2) is 0 Å². The van der Waals surface area contributed by atoms with Gasteiger partial charge >= 0.3 is 6.18 Å². The van der Waals surface area contributed by atoms with Crippen molar-refractivity contribution in [1.82, 2.24) is 0 Å². The molecule has 0 spiro atoms. The van der Waals surface area contributed by atoms with Crippen LogP contribution in [0.5, 0.6) is 11.5 Å². The average Bonchev–Trinajstić information content (AvgIpc) is 2.53. The van der Waals surface area contributed by atoms with Gasteiger partial charge in [0.1, 0.15) is 17.2 Å². The second kappa shape index (κ2) is 7.61. The molecular weight excluding hydrogens is 375 g/mol. The molecule has 0 aliphatic carbocycles. The number of ether oxygens (including phenoxy) is 1. The van der Waals surface area contributed by atoms with Gasteiger partial charge in [-0.05, 0) is 38.1 Å². The SMILES string of the molecule is CC(C)=NNc1cc(Oc2ccc(C(F)(F)F)cc2Cl)ccc1[N+](=O)[O-]. The predicted molar refractivity (Wildman–Crippen MR) is 92.0 cm³/mol. The van der Waals surface area contributed by atoms with Crippen molar-refractivity contribution >= 4 is 28.7 Å². The molecule has 0 aliphatic rings. The maximum Gasteiger partial charge on any atom is 0.416 e. The van der Waals surface area contributed by atoms with Crippen molar-refractivity contribution in [2.24, 2.45) is 5.10 Å². The van der Waals surface area contributed by atoms with Crippen molar-refractivity contribution in [2.45, 2.75) is 20.0 Å². The van der Waals surface area contributed by atoms with Crippen molar-refractivity contribution in [3.8, 4) is 11.5 Å². The second-order valence-corrected chi connectivity index (χ2v) is 5.76. The van der Waals surface area contributed by atoms with Gasteiger partial charge in [0, 0.05) is 17.8 Å². The lowest BCUT2D eigenvalue weighted by molar-refractivity contribution is -0.384. The van der Waals surface area contributed by atoms with E-state index in [0.717, 1.165) is 18.2 Å².